The lowest BCUT2D eigenvalue weighted by Crippen LogP contribution is -2.38. The highest BCUT2D eigenvalue weighted by atomic mass is 31.2. The quantitative estimate of drug-likeness (QED) is 0.377. The zero-order valence-corrected chi connectivity index (χ0v) is 14.5. The molecule has 0 aromatic carbocycles. The van der Waals surface area contributed by atoms with Gasteiger partial charge in [-0.3, -0.25) is 19.1 Å². The van der Waals surface area contributed by atoms with E-state index >= 15 is 0 Å². The summed E-state index contributed by atoms with van der Waals surface area (Å²) in [6.45, 7) is -0.0913. The summed E-state index contributed by atoms with van der Waals surface area (Å²) in [6, 6.07) is -0.800. The molecule has 1 fully saturated rings. The first kappa shape index (κ1) is 18.5. The maximum atomic E-state index is 12.3. The van der Waals surface area contributed by atoms with E-state index < -0.39 is 31.3 Å². The number of likely N-dealkylation sites (tertiary alicyclic amines) is 1. The second kappa shape index (κ2) is 6.80. The number of rotatable bonds is 5. The second-order valence-electron chi connectivity index (χ2n) is 6.19. The largest absolute Gasteiger partial charge is 0.394 e. The third-order valence-corrected chi connectivity index (χ3v) is 5.19. The van der Waals surface area contributed by atoms with Crippen molar-refractivity contribution < 1.29 is 24.3 Å². The number of amides is 1. The number of carbonyl (C=O) groups is 1. The van der Waals surface area contributed by atoms with Crippen LogP contribution in [-0.4, -0.2) is 70.6 Å². The van der Waals surface area contributed by atoms with Crippen LogP contribution >= 0.6 is 7.60 Å². The van der Waals surface area contributed by atoms with E-state index in [9.17, 15) is 19.3 Å². The van der Waals surface area contributed by atoms with Crippen LogP contribution in [0.3, 0.4) is 0 Å². The van der Waals surface area contributed by atoms with Crippen LogP contribution in [0, 0.1) is 0 Å². The predicted octanol–water partition coefficient (Wildman–Crippen LogP) is -1.60. The topological polar surface area (TPSA) is 188 Å². The van der Waals surface area contributed by atoms with E-state index in [-0.39, 0.29) is 42.7 Å². The molecule has 0 radical (unpaired) electrons. The molecule has 1 saturated heterocycles. The molecule has 26 heavy (non-hydrogen) atoms. The number of anilines is 1. The fraction of sp³-hybridized carbons (Fsp3) is 0.538. The van der Waals surface area contributed by atoms with Crippen molar-refractivity contribution in [1.29, 1.82) is 0 Å². The molecule has 12 nitrogen and oxygen atoms in total. The lowest BCUT2D eigenvalue weighted by molar-refractivity contribution is -0.132. The van der Waals surface area contributed by atoms with Gasteiger partial charge in [0.2, 0.25) is 11.9 Å². The Morgan fingerprint density at radius 1 is 1.46 bits per heavy atom. The Kier molecular flexibility index (Phi) is 4.84. The zero-order chi connectivity index (χ0) is 19.1. The maximum absolute atomic E-state index is 12.3. The normalized spacial score (nSPS) is 20.8. The molecule has 3 rings (SSSR count). The number of H-pyrrole nitrogens is 1. The summed E-state index contributed by atoms with van der Waals surface area (Å²) < 4.78 is 12.6. The molecule has 2 aromatic rings. The molecular formula is C13H19N6O6P. The van der Waals surface area contributed by atoms with Gasteiger partial charge in [-0.1, -0.05) is 0 Å². The molecule has 0 saturated carbocycles. The van der Waals surface area contributed by atoms with Crippen molar-refractivity contribution in [2.75, 3.05) is 25.0 Å². The number of nitrogens with two attached hydrogens (primary N) is 1. The highest BCUT2D eigenvalue weighted by Crippen LogP contribution is 2.36. The predicted molar refractivity (Wildman–Crippen MR) is 90.3 cm³/mol. The summed E-state index contributed by atoms with van der Waals surface area (Å²) in [7, 11) is -4.28. The van der Waals surface area contributed by atoms with Gasteiger partial charge in [-0.2, -0.15) is 4.98 Å². The van der Waals surface area contributed by atoms with Crippen molar-refractivity contribution in [3.63, 3.8) is 0 Å². The van der Waals surface area contributed by atoms with Gasteiger partial charge in [-0.25, -0.2) is 4.98 Å². The number of aromatic nitrogens is 4. The van der Waals surface area contributed by atoms with E-state index in [0.717, 1.165) is 0 Å². The number of aliphatic hydroxyl groups is 1. The van der Waals surface area contributed by atoms with E-state index in [0.29, 0.717) is 6.42 Å². The lowest BCUT2D eigenvalue weighted by Gasteiger charge is -2.23. The number of carbonyl (C=O) groups excluding carboxylic acids is 1. The molecule has 1 amide bonds. The fourth-order valence-electron chi connectivity index (χ4n) is 3.17. The molecule has 2 aromatic heterocycles. The van der Waals surface area contributed by atoms with E-state index in [2.05, 4.69) is 15.0 Å². The Balaban J connectivity index is 1.84. The molecule has 3 heterocycles. The Morgan fingerprint density at radius 2 is 2.19 bits per heavy atom. The molecular weight excluding hydrogens is 367 g/mol. The Morgan fingerprint density at radius 3 is 2.85 bits per heavy atom. The summed E-state index contributed by atoms with van der Waals surface area (Å²) in [5.74, 6) is -0.514. The average molecular weight is 386 g/mol. The van der Waals surface area contributed by atoms with E-state index in [1.165, 1.54) is 11.2 Å². The number of nitrogens with zero attached hydrogens (tertiary/aromatic N) is 4. The molecule has 0 bridgehead atoms. The van der Waals surface area contributed by atoms with Crippen molar-refractivity contribution in [3.05, 3.63) is 16.7 Å². The van der Waals surface area contributed by atoms with Crippen LogP contribution in [0.2, 0.25) is 0 Å². The zero-order valence-electron chi connectivity index (χ0n) is 13.6. The number of imidazole rings is 1. The van der Waals surface area contributed by atoms with Crippen LogP contribution in [0.1, 0.15) is 18.9 Å². The molecule has 1 unspecified atom stereocenters. The number of fused-ring (bicyclic) bond motifs is 1. The SMILES string of the molecule is Nc1nc2c(ncn2C2C[C@@H](CO)N(C(=O)CCP(=O)(O)O)C2)c(=O)[nH]1. The van der Waals surface area contributed by atoms with Crippen LogP contribution in [0.25, 0.3) is 11.2 Å². The Hall–Kier alpha value is -2.27. The third-order valence-electron chi connectivity index (χ3n) is 4.38. The first-order chi connectivity index (χ1) is 12.2. The molecule has 2 atom stereocenters. The third kappa shape index (κ3) is 3.63. The van der Waals surface area contributed by atoms with Crippen molar-refractivity contribution in [2.24, 2.45) is 0 Å². The molecule has 1 aliphatic heterocycles. The van der Waals surface area contributed by atoms with Gasteiger partial charge in [-0.15, -0.1) is 0 Å². The lowest BCUT2D eigenvalue weighted by atomic mass is 10.2. The van der Waals surface area contributed by atoms with Crippen molar-refractivity contribution in [1.82, 2.24) is 24.4 Å². The van der Waals surface area contributed by atoms with Crippen molar-refractivity contribution in [3.8, 4) is 0 Å². The van der Waals surface area contributed by atoms with Crippen LogP contribution in [0.4, 0.5) is 5.95 Å². The maximum Gasteiger partial charge on any atom is 0.326 e. The van der Waals surface area contributed by atoms with Crippen molar-refractivity contribution in [2.45, 2.75) is 24.9 Å². The van der Waals surface area contributed by atoms with E-state index in [4.69, 9.17) is 15.5 Å². The number of aromatic amines is 1. The molecule has 0 spiro atoms. The number of nitrogens with one attached hydrogen (secondary N) is 1. The molecule has 6 N–H and O–H groups in total. The van der Waals surface area contributed by atoms with Gasteiger partial charge in [0.05, 0.1) is 31.2 Å². The fourth-order valence-corrected chi connectivity index (χ4v) is 3.65. The summed E-state index contributed by atoms with van der Waals surface area (Å²) in [4.78, 5) is 53.9. The average Bonchev–Trinajstić information content (AvgIpc) is 3.15. The standard InChI is InChI=1S/C13H19N6O6P/c14-13-16-11-10(12(22)17-13)15-6-19(11)7-3-8(5-20)18(4-7)9(21)1-2-26(23,24)25/h6-8,20H,1-5H2,(H2,23,24,25)(H3,14,16,17,22)/t7?,8-/m0/s1. The van der Waals surface area contributed by atoms with Crippen molar-refractivity contribution >= 4 is 30.6 Å². The van der Waals surface area contributed by atoms with Gasteiger partial charge in [0, 0.05) is 13.0 Å². The van der Waals surface area contributed by atoms with Crippen LogP contribution < -0.4 is 11.3 Å². The van der Waals surface area contributed by atoms with Gasteiger partial charge in [0.25, 0.3) is 5.56 Å². The summed E-state index contributed by atoms with van der Waals surface area (Å²) in [5.41, 5.74) is 5.49. The van der Waals surface area contributed by atoms with Crippen LogP contribution in [-0.2, 0) is 9.36 Å². The highest BCUT2D eigenvalue weighted by molar-refractivity contribution is 7.51. The number of aliphatic hydroxyl groups excluding tert-OH is 1. The number of hydrogen-bond donors (Lipinski definition) is 5. The van der Waals surface area contributed by atoms with Gasteiger partial charge in [-0.05, 0) is 6.42 Å². The minimum Gasteiger partial charge on any atom is -0.394 e. The highest BCUT2D eigenvalue weighted by Gasteiger charge is 2.36. The Bertz CT molecular complexity index is 935. The van der Waals surface area contributed by atoms with E-state index in [1.54, 1.807) is 4.57 Å². The van der Waals surface area contributed by atoms with Gasteiger partial charge in [0.1, 0.15) is 0 Å². The smallest absolute Gasteiger partial charge is 0.326 e. The first-order valence-corrected chi connectivity index (χ1v) is 9.66. The van der Waals surface area contributed by atoms with Crippen LogP contribution in [0.5, 0.6) is 0 Å². The van der Waals surface area contributed by atoms with Crippen LogP contribution in [0.15, 0.2) is 11.1 Å². The molecule has 0 aliphatic carbocycles. The minimum absolute atomic E-state index is 0.0597. The summed E-state index contributed by atoms with van der Waals surface area (Å²) in [6.07, 6.45) is 0.947. The Labute approximate surface area is 146 Å². The summed E-state index contributed by atoms with van der Waals surface area (Å²) in [5, 5.41) is 9.57. The first-order valence-electron chi connectivity index (χ1n) is 7.87. The second-order valence-corrected chi connectivity index (χ2v) is 7.96. The van der Waals surface area contributed by atoms with Gasteiger partial charge >= 0.3 is 7.60 Å². The van der Waals surface area contributed by atoms with Gasteiger partial charge < -0.3 is 30.1 Å². The number of hydrogen-bond acceptors (Lipinski definition) is 7. The molecule has 13 heteroatoms. The van der Waals surface area contributed by atoms with Gasteiger partial charge in [0.15, 0.2) is 11.2 Å². The number of nitrogen functional groups attached to an aromatic ring is 1. The minimum atomic E-state index is -4.28. The molecule has 1 aliphatic rings. The van der Waals surface area contributed by atoms with E-state index in [1.807, 2.05) is 0 Å². The monoisotopic (exact) mass is 386 g/mol. The summed E-state index contributed by atoms with van der Waals surface area (Å²) >= 11 is 0. The molecule has 142 valence electrons.